The standard InChI is InChI=1S/C46H59N11O13S/c1-22-37(40(49)56-41(52-22)27-10-8-26(9-11-27)25-5-4-6-25)43(62)55-34(19-51-71(50,67)68)45(64)57(3)38-28-15-32(39(60)36(16-28)70-21-30(59)18-48)31-13-24(7-12-35(31)69-20-29(58)17-47)14-33(46(65)66)54-42(61)23(2)53-44(38)63/h7-13,15-16,23,25,29-30,33-34,38,51,58-60H,4-6,14,17-21,47-48H2,1-3H3,(H,53,63)(H,54,61)(H,55,62)(H,65,66)(H2,49,52,56)(H2,50,67,68)/t23-,29+,30+,33-,34-,38-/m0/s1. The van der Waals surface area contributed by atoms with E-state index in [-0.39, 0.29) is 77.2 Å². The average molecular weight is 1010 g/mol. The molecule has 1 aromatic heterocycles. The van der Waals surface area contributed by atoms with Gasteiger partial charge in [0.2, 0.25) is 17.7 Å². The highest BCUT2D eigenvalue weighted by molar-refractivity contribution is 7.87. The van der Waals surface area contributed by atoms with Gasteiger partial charge in [0.1, 0.15) is 66.7 Å². The van der Waals surface area contributed by atoms with Crippen LogP contribution in [0.2, 0.25) is 0 Å². The van der Waals surface area contributed by atoms with Crippen LogP contribution in [0.5, 0.6) is 17.2 Å². The van der Waals surface area contributed by atoms with Gasteiger partial charge in [0.05, 0.1) is 5.69 Å². The van der Waals surface area contributed by atoms with Crippen molar-refractivity contribution in [3.8, 4) is 39.8 Å². The third-order valence-electron chi connectivity index (χ3n) is 12.1. The lowest BCUT2D eigenvalue weighted by atomic mass is 9.80. The predicted molar refractivity (Wildman–Crippen MR) is 257 cm³/mol. The molecule has 71 heavy (non-hydrogen) atoms. The molecule has 24 nitrogen and oxygen atoms in total. The van der Waals surface area contributed by atoms with Gasteiger partial charge in [-0.05, 0) is 73.6 Å². The quantitative estimate of drug-likeness (QED) is 0.0556. The molecule has 0 unspecified atom stereocenters. The first-order valence-corrected chi connectivity index (χ1v) is 24.1. The molecule has 4 amide bonds. The first kappa shape index (κ1) is 53.4. The van der Waals surface area contributed by atoms with E-state index in [1.165, 1.54) is 43.7 Å². The molecule has 0 radical (unpaired) electrons. The van der Waals surface area contributed by atoms with E-state index < -0.39 is 95.1 Å². The van der Waals surface area contributed by atoms with E-state index >= 15 is 0 Å². The number of aromatic hydroxyl groups is 1. The van der Waals surface area contributed by atoms with Crippen LogP contribution >= 0.6 is 0 Å². The van der Waals surface area contributed by atoms with Crippen molar-refractivity contribution in [1.82, 2.24) is 35.5 Å². The van der Waals surface area contributed by atoms with Gasteiger partial charge in [-0.1, -0.05) is 36.8 Å². The van der Waals surface area contributed by atoms with E-state index in [9.17, 15) is 52.8 Å². The van der Waals surface area contributed by atoms with Crippen LogP contribution in [0.4, 0.5) is 5.82 Å². The average Bonchev–Trinajstić information content (AvgIpc) is 3.30. The zero-order chi connectivity index (χ0) is 51.9. The number of carbonyl (C=O) groups is 5. The molecule has 382 valence electrons. The van der Waals surface area contributed by atoms with Crippen molar-refractivity contribution in [3.63, 3.8) is 0 Å². The molecule has 16 N–H and O–H groups in total. The maximum absolute atomic E-state index is 14.9. The highest BCUT2D eigenvalue weighted by atomic mass is 32.2. The fourth-order valence-electron chi connectivity index (χ4n) is 7.95. The van der Waals surface area contributed by atoms with Gasteiger partial charge in [0, 0.05) is 49.8 Å². The van der Waals surface area contributed by atoms with E-state index in [1.54, 1.807) is 0 Å². The Kier molecular flexibility index (Phi) is 17.2. The smallest absolute Gasteiger partial charge is 0.326 e. The molecule has 2 heterocycles. The van der Waals surface area contributed by atoms with Crippen LogP contribution in [-0.2, 0) is 35.8 Å². The maximum Gasteiger partial charge on any atom is 0.326 e. The summed E-state index contributed by atoms with van der Waals surface area (Å²) >= 11 is 0. The van der Waals surface area contributed by atoms with Crippen molar-refractivity contribution in [3.05, 3.63) is 82.5 Å². The van der Waals surface area contributed by atoms with Crippen LogP contribution in [0.15, 0.2) is 54.6 Å². The number of hydrogen-bond acceptors (Lipinski definition) is 17. The molecule has 0 spiro atoms. The molecule has 4 aromatic rings. The number of hydrogen-bond donors (Lipinski definition) is 12. The lowest BCUT2D eigenvalue weighted by Crippen LogP contribution is -2.57. The number of phenolic OH excluding ortho intramolecular Hbond substituents is 1. The number of carboxylic acid groups (broad SMARTS) is 1. The fraction of sp³-hybridized carbons (Fsp3) is 0.413. The summed E-state index contributed by atoms with van der Waals surface area (Å²) in [5.41, 5.74) is 19.3. The number of nitrogens with one attached hydrogen (secondary N) is 4. The van der Waals surface area contributed by atoms with Gasteiger partial charge >= 0.3 is 5.97 Å². The van der Waals surface area contributed by atoms with Crippen LogP contribution in [0.25, 0.3) is 22.5 Å². The number of ether oxygens (including phenoxy) is 2. The second kappa shape index (κ2) is 22.8. The summed E-state index contributed by atoms with van der Waals surface area (Å²) in [5.74, 6) is -6.13. The largest absolute Gasteiger partial charge is 0.504 e. The summed E-state index contributed by atoms with van der Waals surface area (Å²) in [4.78, 5) is 79.4. The predicted octanol–water partition coefficient (Wildman–Crippen LogP) is -1.21. The maximum atomic E-state index is 14.9. The number of aliphatic carboxylic acids is 1. The number of carboxylic acids is 1. The van der Waals surface area contributed by atoms with E-state index in [1.807, 2.05) is 29.0 Å². The number of amides is 4. The topological polar surface area (TPSA) is 400 Å². The molecule has 3 aromatic carbocycles. The number of aryl methyl sites for hydroxylation is 1. The number of phenols is 1. The molecule has 2 aliphatic rings. The van der Waals surface area contributed by atoms with Gasteiger partial charge in [-0.25, -0.2) is 19.9 Å². The number of aromatic nitrogens is 2. The van der Waals surface area contributed by atoms with Crippen molar-refractivity contribution < 1.29 is 62.3 Å². The number of aliphatic hydroxyl groups excluding tert-OH is 2. The van der Waals surface area contributed by atoms with Crippen LogP contribution < -0.4 is 52.5 Å². The molecule has 25 heteroatoms. The van der Waals surface area contributed by atoms with E-state index in [0.29, 0.717) is 17.0 Å². The van der Waals surface area contributed by atoms with Gasteiger partial charge in [-0.3, -0.25) is 19.2 Å². The van der Waals surface area contributed by atoms with Crippen molar-refractivity contribution in [2.24, 2.45) is 16.6 Å². The van der Waals surface area contributed by atoms with E-state index in [4.69, 9.17) is 31.8 Å². The molecule has 0 saturated heterocycles. The fourth-order valence-corrected chi connectivity index (χ4v) is 8.34. The van der Waals surface area contributed by atoms with Crippen molar-refractivity contribution in [2.45, 2.75) is 81.8 Å². The monoisotopic (exact) mass is 1010 g/mol. The first-order chi connectivity index (χ1) is 33.6. The Labute approximate surface area is 408 Å². The molecule has 6 atom stereocenters. The lowest BCUT2D eigenvalue weighted by molar-refractivity contribution is -0.143. The number of aliphatic hydroxyl groups is 2. The second-order valence-electron chi connectivity index (χ2n) is 17.4. The minimum absolute atomic E-state index is 0.00831. The number of nitrogen functional groups attached to an aromatic ring is 1. The molecule has 1 fully saturated rings. The minimum atomic E-state index is -4.54. The van der Waals surface area contributed by atoms with Gasteiger partial charge in [0.25, 0.3) is 16.1 Å². The van der Waals surface area contributed by atoms with Crippen LogP contribution in [0, 0.1) is 6.92 Å². The number of benzene rings is 3. The third-order valence-corrected chi connectivity index (χ3v) is 12.7. The summed E-state index contributed by atoms with van der Waals surface area (Å²) in [5, 5.41) is 55.3. The van der Waals surface area contributed by atoms with Crippen LogP contribution in [-0.4, -0.2) is 144 Å². The second-order valence-corrected chi connectivity index (χ2v) is 18.8. The Morgan fingerprint density at radius 3 is 2.13 bits per heavy atom. The number of nitrogens with two attached hydrogens (primary N) is 4. The van der Waals surface area contributed by atoms with Crippen molar-refractivity contribution in [1.29, 1.82) is 0 Å². The SMILES string of the molecule is Cc1nc(-c2ccc(C3CCC3)cc2)nc(N)c1C(=O)N[C@@H](CNS(N)(=O)=O)C(=O)N(C)[C@@H]1C(=O)N[C@@H](C)C(=O)N[C@H](C(=O)O)Cc2ccc(OC[C@H](O)CN)c(c2)-c2cc1cc(OC[C@H](O)CN)c2O. The Balaban J connectivity index is 1.46. The normalized spacial score (nSPS) is 18.6. The highest BCUT2D eigenvalue weighted by Crippen LogP contribution is 2.45. The Morgan fingerprint density at radius 2 is 1.55 bits per heavy atom. The molecule has 1 aliphatic carbocycles. The van der Waals surface area contributed by atoms with E-state index in [2.05, 4.69) is 25.9 Å². The number of carbonyl (C=O) groups excluding carboxylic acids is 4. The number of nitrogens with zero attached hydrogens (tertiary/aromatic N) is 3. The van der Waals surface area contributed by atoms with Gasteiger partial charge < -0.3 is 68.0 Å². The highest BCUT2D eigenvalue weighted by Gasteiger charge is 2.38. The minimum Gasteiger partial charge on any atom is -0.504 e. The molecule has 1 saturated carbocycles. The number of likely N-dealkylation sites (N-methyl/N-ethyl adjacent to an activating group) is 1. The summed E-state index contributed by atoms with van der Waals surface area (Å²) in [6, 6.07) is 7.69. The molecule has 1 aliphatic heterocycles. The Hall–Kier alpha value is -7.00. The molecule has 4 bridgehead atoms. The first-order valence-electron chi connectivity index (χ1n) is 22.5. The number of rotatable bonds is 18. The molecule has 6 rings (SSSR count). The van der Waals surface area contributed by atoms with Gasteiger partial charge in [0.15, 0.2) is 17.3 Å². The van der Waals surface area contributed by atoms with Crippen LogP contribution in [0.1, 0.15) is 70.9 Å². The lowest BCUT2D eigenvalue weighted by Gasteiger charge is -2.33. The van der Waals surface area contributed by atoms with Crippen molar-refractivity contribution >= 4 is 45.6 Å². The Morgan fingerprint density at radius 1 is 0.901 bits per heavy atom. The Bertz CT molecular complexity index is 2740. The van der Waals surface area contributed by atoms with Gasteiger partial charge in [-0.15, -0.1) is 0 Å². The van der Waals surface area contributed by atoms with Crippen molar-refractivity contribution in [2.75, 3.05) is 45.6 Å². The zero-order valence-corrected chi connectivity index (χ0v) is 39.9. The molecular weight excluding hydrogens is 947 g/mol. The van der Waals surface area contributed by atoms with Crippen LogP contribution in [0.3, 0.4) is 0 Å². The zero-order valence-electron chi connectivity index (χ0n) is 39.1. The summed E-state index contributed by atoms with van der Waals surface area (Å²) in [7, 11) is -3.41. The molecular formula is C46H59N11O13S. The van der Waals surface area contributed by atoms with Gasteiger partial charge in [-0.2, -0.15) is 13.1 Å². The summed E-state index contributed by atoms with van der Waals surface area (Å²) < 4.78 is 38.3. The summed E-state index contributed by atoms with van der Waals surface area (Å²) in [6.07, 6.45) is 0.655. The van der Waals surface area contributed by atoms with E-state index in [0.717, 1.165) is 37.3 Å². The number of fused-ring (bicyclic) bond motifs is 5. The number of anilines is 1. The third kappa shape index (κ3) is 13.1. The summed E-state index contributed by atoms with van der Waals surface area (Å²) in [6.45, 7) is 0.568.